The van der Waals surface area contributed by atoms with Gasteiger partial charge in [-0.05, 0) is 49.7 Å². The van der Waals surface area contributed by atoms with E-state index in [-0.39, 0.29) is 11.6 Å². The molecule has 0 bridgehead atoms. The van der Waals surface area contributed by atoms with E-state index in [0.29, 0.717) is 22.2 Å². The van der Waals surface area contributed by atoms with Crippen molar-refractivity contribution in [2.75, 3.05) is 17.7 Å². The molecule has 1 aromatic heterocycles. The first-order valence-corrected chi connectivity index (χ1v) is 8.76. The van der Waals surface area contributed by atoms with Crippen LogP contribution in [0.15, 0.2) is 48.5 Å². The number of carbonyl (C=O) groups is 1. The Hall–Kier alpha value is -2.86. The van der Waals surface area contributed by atoms with Crippen molar-refractivity contribution in [1.29, 1.82) is 0 Å². The maximum Gasteiger partial charge on any atom is 0.206 e. The molecule has 3 aromatic rings. The van der Waals surface area contributed by atoms with Crippen LogP contribution in [-0.2, 0) is 0 Å². The van der Waals surface area contributed by atoms with Crippen molar-refractivity contribution in [2.24, 2.45) is 0 Å². The highest BCUT2D eigenvalue weighted by Crippen LogP contribution is 2.30. The monoisotopic (exact) mass is 353 g/mol. The van der Waals surface area contributed by atoms with Gasteiger partial charge >= 0.3 is 0 Å². The first-order chi connectivity index (χ1) is 12.1. The summed E-state index contributed by atoms with van der Waals surface area (Å²) >= 11 is 1.25. The lowest BCUT2D eigenvalue weighted by Crippen LogP contribution is -2.02. The second kappa shape index (κ2) is 7.36. The van der Waals surface area contributed by atoms with E-state index in [1.54, 1.807) is 24.3 Å². The summed E-state index contributed by atoms with van der Waals surface area (Å²) in [5.74, 6) is 0.828. The number of aromatic nitrogens is 1. The van der Waals surface area contributed by atoms with Crippen LogP contribution in [0.4, 0.5) is 16.6 Å². The molecule has 1 heterocycles. The summed E-state index contributed by atoms with van der Waals surface area (Å²) in [6.45, 7) is 4.51. The molecule has 0 aliphatic heterocycles. The molecule has 3 N–H and O–H groups in total. The van der Waals surface area contributed by atoms with Crippen LogP contribution in [0.2, 0.25) is 0 Å². The normalized spacial score (nSPS) is 10.5. The van der Waals surface area contributed by atoms with Crippen LogP contribution in [0.3, 0.4) is 0 Å². The summed E-state index contributed by atoms with van der Waals surface area (Å²) in [5, 5.41) is 3.82. The Balaban J connectivity index is 1.82. The van der Waals surface area contributed by atoms with Gasteiger partial charge in [0.25, 0.3) is 0 Å². The van der Waals surface area contributed by atoms with Crippen molar-refractivity contribution < 1.29 is 9.53 Å². The largest absolute Gasteiger partial charge is 0.494 e. The zero-order chi connectivity index (χ0) is 17.8. The Labute approximate surface area is 150 Å². The number of nitrogens with two attached hydrogens (primary N) is 1. The minimum atomic E-state index is -0.143. The number of aryl methyl sites for hydroxylation is 1. The highest BCUT2D eigenvalue weighted by Gasteiger charge is 2.18. The molecular weight excluding hydrogens is 334 g/mol. The zero-order valence-corrected chi connectivity index (χ0v) is 14.9. The van der Waals surface area contributed by atoms with E-state index < -0.39 is 0 Å². The Kier molecular flexibility index (Phi) is 5.00. The maximum atomic E-state index is 12.7. The molecule has 0 atom stereocenters. The number of nitrogens with zero attached hydrogens (tertiary/aromatic N) is 1. The third kappa shape index (κ3) is 3.80. The van der Waals surface area contributed by atoms with Crippen molar-refractivity contribution in [1.82, 2.24) is 4.98 Å². The van der Waals surface area contributed by atoms with Crippen molar-refractivity contribution >= 4 is 33.8 Å². The molecule has 0 spiro atoms. The standard InChI is InChI=1S/C19H19N3O2S/c1-3-24-14-10-8-13(9-11-14)16(23)17-18(20)22-19(25-17)21-15-7-5-4-6-12(15)2/h4-11H,3,20H2,1-2H3,(H,21,22). The molecule has 2 aromatic carbocycles. The van der Waals surface area contributed by atoms with E-state index in [1.807, 2.05) is 38.1 Å². The number of nitrogen functional groups attached to an aromatic ring is 1. The predicted octanol–water partition coefficient (Wildman–Crippen LogP) is 4.41. The maximum absolute atomic E-state index is 12.7. The average molecular weight is 353 g/mol. The molecule has 0 radical (unpaired) electrons. The second-order valence-corrected chi connectivity index (χ2v) is 6.46. The molecule has 0 unspecified atom stereocenters. The van der Waals surface area contributed by atoms with Crippen LogP contribution < -0.4 is 15.8 Å². The number of nitrogens with one attached hydrogen (secondary N) is 1. The number of ether oxygens (including phenoxy) is 1. The molecule has 128 valence electrons. The lowest BCUT2D eigenvalue weighted by atomic mass is 10.1. The predicted molar refractivity (Wildman–Crippen MR) is 102 cm³/mol. The summed E-state index contributed by atoms with van der Waals surface area (Å²) < 4.78 is 5.40. The fraction of sp³-hybridized carbons (Fsp3) is 0.158. The molecular formula is C19H19N3O2S. The van der Waals surface area contributed by atoms with E-state index in [1.165, 1.54) is 11.3 Å². The summed E-state index contributed by atoms with van der Waals surface area (Å²) in [6.07, 6.45) is 0. The first kappa shape index (κ1) is 17.0. The van der Waals surface area contributed by atoms with Crippen LogP contribution in [0.5, 0.6) is 5.75 Å². The number of ketones is 1. The van der Waals surface area contributed by atoms with Crippen molar-refractivity contribution in [3.8, 4) is 5.75 Å². The van der Waals surface area contributed by atoms with Crippen molar-refractivity contribution in [3.05, 3.63) is 64.5 Å². The zero-order valence-electron chi connectivity index (χ0n) is 14.1. The van der Waals surface area contributed by atoms with Gasteiger partial charge < -0.3 is 15.8 Å². The van der Waals surface area contributed by atoms with Crippen LogP contribution in [0, 0.1) is 6.92 Å². The Bertz CT molecular complexity index is 888. The van der Waals surface area contributed by atoms with E-state index >= 15 is 0 Å². The molecule has 0 saturated heterocycles. The number of hydrogen-bond acceptors (Lipinski definition) is 6. The van der Waals surface area contributed by atoms with E-state index in [9.17, 15) is 4.79 Å². The van der Waals surface area contributed by atoms with Gasteiger partial charge in [-0.3, -0.25) is 4.79 Å². The van der Waals surface area contributed by atoms with Crippen LogP contribution >= 0.6 is 11.3 Å². The minimum absolute atomic E-state index is 0.143. The Morgan fingerprint density at radius 3 is 2.60 bits per heavy atom. The third-order valence-electron chi connectivity index (χ3n) is 3.67. The van der Waals surface area contributed by atoms with Crippen LogP contribution in [-0.4, -0.2) is 17.4 Å². The SMILES string of the molecule is CCOc1ccc(C(=O)c2sc(Nc3ccccc3C)nc2N)cc1. The lowest BCUT2D eigenvalue weighted by molar-refractivity contribution is 0.104. The van der Waals surface area contributed by atoms with Gasteiger partial charge in [0.05, 0.1) is 6.61 Å². The van der Waals surface area contributed by atoms with Gasteiger partial charge in [0.2, 0.25) is 5.78 Å². The molecule has 25 heavy (non-hydrogen) atoms. The molecule has 0 aliphatic rings. The molecule has 0 saturated carbocycles. The lowest BCUT2D eigenvalue weighted by Gasteiger charge is -2.05. The summed E-state index contributed by atoms with van der Waals surface area (Å²) in [4.78, 5) is 17.4. The number of hydrogen-bond donors (Lipinski definition) is 2. The molecule has 3 rings (SSSR count). The topological polar surface area (TPSA) is 77.2 Å². The molecule has 5 nitrogen and oxygen atoms in total. The van der Waals surface area contributed by atoms with Gasteiger partial charge in [0, 0.05) is 11.3 Å². The fourth-order valence-electron chi connectivity index (χ4n) is 2.38. The van der Waals surface area contributed by atoms with Gasteiger partial charge in [0.1, 0.15) is 16.4 Å². The van der Waals surface area contributed by atoms with E-state index in [0.717, 1.165) is 17.0 Å². The molecule has 6 heteroatoms. The van der Waals surface area contributed by atoms with Gasteiger partial charge in [-0.2, -0.15) is 0 Å². The van der Waals surface area contributed by atoms with Crippen LogP contribution in [0.1, 0.15) is 27.7 Å². The minimum Gasteiger partial charge on any atom is -0.494 e. The quantitative estimate of drug-likeness (QED) is 0.642. The highest BCUT2D eigenvalue weighted by atomic mass is 32.1. The highest BCUT2D eigenvalue weighted by molar-refractivity contribution is 7.18. The number of anilines is 3. The van der Waals surface area contributed by atoms with E-state index in [4.69, 9.17) is 10.5 Å². The first-order valence-electron chi connectivity index (χ1n) is 7.95. The average Bonchev–Trinajstić information content (AvgIpc) is 2.98. The van der Waals surface area contributed by atoms with Gasteiger partial charge in [-0.1, -0.05) is 29.5 Å². The second-order valence-electron chi connectivity index (χ2n) is 5.46. The number of thiazole rings is 1. The van der Waals surface area contributed by atoms with Crippen LogP contribution in [0.25, 0.3) is 0 Å². The van der Waals surface area contributed by atoms with Crippen molar-refractivity contribution in [2.45, 2.75) is 13.8 Å². The number of para-hydroxylation sites is 1. The summed E-state index contributed by atoms with van der Waals surface area (Å²) in [5.41, 5.74) is 8.55. The molecule has 0 fully saturated rings. The van der Waals surface area contributed by atoms with Gasteiger partial charge in [-0.25, -0.2) is 4.98 Å². The Morgan fingerprint density at radius 1 is 1.20 bits per heavy atom. The fourth-order valence-corrected chi connectivity index (χ4v) is 3.24. The Morgan fingerprint density at radius 2 is 1.92 bits per heavy atom. The van der Waals surface area contributed by atoms with Gasteiger partial charge in [0.15, 0.2) is 5.13 Å². The smallest absolute Gasteiger partial charge is 0.206 e. The van der Waals surface area contributed by atoms with Crippen molar-refractivity contribution in [3.63, 3.8) is 0 Å². The van der Waals surface area contributed by atoms with Gasteiger partial charge in [-0.15, -0.1) is 0 Å². The third-order valence-corrected chi connectivity index (χ3v) is 4.66. The molecule has 0 amide bonds. The summed E-state index contributed by atoms with van der Waals surface area (Å²) in [7, 11) is 0. The summed E-state index contributed by atoms with van der Waals surface area (Å²) in [6, 6.07) is 14.9. The number of rotatable bonds is 6. The van der Waals surface area contributed by atoms with E-state index in [2.05, 4.69) is 10.3 Å². The number of benzene rings is 2. The molecule has 0 aliphatic carbocycles. The number of carbonyl (C=O) groups excluding carboxylic acids is 1.